The lowest BCUT2D eigenvalue weighted by Gasteiger charge is -2.23. The predicted octanol–water partition coefficient (Wildman–Crippen LogP) is 8.88. The van der Waals surface area contributed by atoms with Gasteiger partial charge in [-0.1, -0.05) is 54.6 Å². The lowest BCUT2D eigenvalue weighted by Crippen LogP contribution is -2.23. The first-order valence-corrected chi connectivity index (χ1v) is 14.0. The van der Waals surface area contributed by atoms with Crippen LogP contribution in [0.3, 0.4) is 0 Å². The summed E-state index contributed by atoms with van der Waals surface area (Å²) in [4.78, 5) is 27.0. The van der Waals surface area contributed by atoms with Gasteiger partial charge >= 0.3 is 12.1 Å². The largest absolute Gasteiger partial charge is 0.323 e. The minimum Gasteiger partial charge on any atom is -0.308 e. The fourth-order valence-electron chi connectivity index (χ4n) is 4.57. The summed E-state index contributed by atoms with van der Waals surface area (Å²) in [5.74, 6) is -0.739. The van der Waals surface area contributed by atoms with Gasteiger partial charge in [-0.05, 0) is 89.5 Å². The van der Waals surface area contributed by atoms with Crippen LogP contribution >= 0.6 is 12.4 Å². The van der Waals surface area contributed by atoms with Gasteiger partial charge in [0.2, 0.25) is 0 Å². The molecule has 230 valence electrons. The molecule has 0 aromatic heterocycles. The van der Waals surface area contributed by atoms with Crippen molar-refractivity contribution in [2.24, 2.45) is 0 Å². The molecule has 5 aromatic carbocycles. The van der Waals surface area contributed by atoms with Crippen molar-refractivity contribution >= 4 is 47.2 Å². The van der Waals surface area contributed by atoms with Gasteiger partial charge in [0.15, 0.2) is 0 Å². The maximum Gasteiger partial charge on any atom is 0.323 e. The molecule has 0 fully saturated rings. The monoisotopic (exact) mass is 627 g/mol. The van der Waals surface area contributed by atoms with Crippen LogP contribution < -0.4 is 21.3 Å². The molecule has 0 saturated carbocycles. The van der Waals surface area contributed by atoms with E-state index in [-0.39, 0.29) is 24.0 Å². The van der Waals surface area contributed by atoms with E-state index in [1.54, 1.807) is 0 Å². The Kier molecular flexibility index (Phi) is 11.6. The summed E-state index contributed by atoms with van der Waals surface area (Å²) in [5.41, 5.74) is 5.58. The summed E-state index contributed by atoms with van der Waals surface area (Å²) >= 11 is 0. The topological polar surface area (TPSA) is 85.5 Å². The first-order chi connectivity index (χ1) is 21.4. The van der Waals surface area contributed by atoms with Gasteiger partial charge in [0.1, 0.15) is 11.6 Å². The highest BCUT2D eigenvalue weighted by molar-refractivity contribution is 6.00. The standard InChI is InChI=1S/C35H31F2N5O2.ClH/c36-28-10-18-32(19-11-28)40-34(43)38-30-14-6-26(7-15-30)23-42(22-25-4-2-1-3-5-25)24-27-8-16-31(17-9-27)39-35(44)41-33-20-12-29(37)13-21-33;/h1-21H,22-24H2,(H2,38,40,43)(H2,39,41,44);1H. The maximum atomic E-state index is 13.1. The molecule has 45 heavy (non-hydrogen) atoms. The first kappa shape index (κ1) is 32.7. The van der Waals surface area contributed by atoms with Crippen molar-refractivity contribution < 1.29 is 18.4 Å². The van der Waals surface area contributed by atoms with Crippen LogP contribution in [0.1, 0.15) is 16.7 Å². The molecule has 0 unspecified atom stereocenters. The van der Waals surface area contributed by atoms with E-state index < -0.39 is 12.1 Å². The van der Waals surface area contributed by atoms with Gasteiger partial charge in [-0.3, -0.25) is 4.90 Å². The number of nitrogens with one attached hydrogen (secondary N) is 4. The maximum absolute atomic E-state index is 13.1. The zero-order valence-electron chi connectivity index (χ0n) is 24.2. The zero-order chi connectivity index (χ0) is 30.7. The van der Waals surface area contributed by atoms with Crippen LogP contribution in [0.25, 0.3) is 0 Å². The van der Waals surface area contributed by atoms with Crippen molar-refractivity contribution in [2.75, 3.05) is 21.3 Å². The molecule has 0 aliphatic rings. The molecular weight excluding hydrogens is 596 g/mol. The highest BCUT2D eigenvalue weighted by Crippen LogP contribution is 2.19. The van der Waals surface area contributed by atoms with Crippen LogP contribution in [-0.2, 0) is 19.6 Å². The number of hydrogen-bond donors (Lipinski definition) is 4. The van der Waals surface area contributed by atoms with Crippen molar-refractivity contribution in [1.82, 2.24) is 4.90 Å². The Morgan fingerprint density at radius 3 is 1.07 bits per heavy atom. The van der Waals surface area contributed by atoms with Crippen molar-refractivity contribution in [3.8, 4) is 0 Å². The molecule has 4 amide bonds. The predicted molar refractivity (Wildman–Crippen MR) is 178 cm³/mol. The molecule has 5 aromatic rings. The Morgan fingerprint density at radius 1 is 0.444 bits per heavy atom. The fourth-order valence-corrected chi connectivity index (χ4v) is 4.57. The third kappa shape index (κ3) is 10.5. The van der Waals surface area contributed by atoms with E-state index in [1.807, 2.05) is 66.7 Å². The minimum absolute atomic E-state index is 0. The summed E-state index contributed by atoms with van der Waals surface area (Å²) in [6.45, 7) is 2.05. The van der Waals surface area contributed by atoms with Crippen LogP contribution in [0.2, 0.25) is 0 Å². The lowest BCUT2D eigenvalue weighted by atomic mass is 10.1. The van der Waals surface area contributed by atoms with Crippen LogP contribution in [0.15, 0.2) is 127 Å². The summed E-state index contributed by atoms with van der Waals surface area (Å²) in [7, 11) is 0. The van der Waals surface area contributed by atoms with E-state index in [2.05, 4.69) is 38.3 Å². The van der Waals surface area contributed by atoms with E-state index in [0.29, 0.717) is 35.8 Å². The molecule has 10 heteroatoms. The first-order valence-electron chi connectivity index (χ1n) is 14.0. The number of anilines is 4. The number of carbonyl (C=O) groups is 2. The highest BCUT2D eigenvalue weighted by atomic mass is 35.5. The molecular formula is C35H32ClF2N5O2. The number of halogens is 3. The summed E-state index contributed by atoms with van der Waals surface area (Å²) in [6.07, 6.45) is 0. The third-order valence-corrected chi connectivity index (χ3v) is 6.69. The van der Waals surface area contributed by atoms with Crippen molar-refractivity contribution in [1.29, 1.82) is 0 Å². The normalized spacial score (nSPS) is 10.5. The second-order valence-electron chi connectivity index (χ2n) is 10.2. The van der Waals surface area contributed by atoms with Gasteiger partial charge in [0, 0.05) is 42.4 Å². The van der Waals surface area contributed by atoms with Crippen LogP contribution in [0.5, 0.6) is 0 Å². The Labute approximate surface area is 266 Å². The molecule has 0 atom stereocenters. The van der Waals surface area contributed by atoms with Gasteiger partial charge in [-0.15, -0.1) is 12.4 Å². The SMILES string of the molecule is Cl.O=C(Nc1ccc(F)cc1)Nc1ccc(CN(Cc2ccccc2)Cc2ccc(NC(=O)Nc3ccc(F)cc3)cc2)cc1. The van der Waals surface area contributed by atoms with Crippen LogP contribution in [0, 0.1) is 11.6 Å². The Bertz CT molecular complexity index is 1560. The zero-order valence-corrected chi connectivity index (χ0v) is 25.0. The Balaban J connectivity index is 0.00000461. The third-order valence-electron chi connectivity index (χ3n) is 6.69. The molecule has 0 radical (unpaired) electrons. The lowest BCUT2D eigenvalue weighted by molar-refractivity contribution is 0.247. The average Bonchev–Trinajstić information content (AvgIpc) is 3.02. The number of hydrogen-bond acceptors (Lipinski definition) is 3. The number of carbonyl (C=O) groups excluding carboxylic acids is 2. The Morgan fingerprint density at radius 2 is 0.733 bits per heavy atom. The number of amides is 4. The molecule has 0 saturated heterocycles. The molecule has 7 nitrogen and oxygen atoms in total. The molecule has 0 aliphatic carbocycles. The van der Waals surface area contributed by atoms with Crippen molar-refractivity contribution in [2.45, 2.75) is 19.6 Å². The van der Waals surface area contributed by atoms with Crippen LogP contribution in [-0.4, -0.2) is 17.0 Å². The van der Waals surface area contributed by atoms with E-state index >= 15 is 0 Å². The van der Waals surface area contributed by atoms with E-state index in [1.165, 1.54) is 54.1 Å². The number of nitrogens with zero attached hydrogens (tertiary/aromatic N) is 1. The molecule has 0 spiro atoms. The molecule has 4 N–H and O–H groups in total. The van der Waals surface area contributed by atoms with Gasteiger partial charge in [0.05, 0.1) is 0 Å². The molecule has 5 rings (SSSR count). The second-order valence-corrected chi connectivity index (χ2v) is 10.2. The minimum atomic E-state index is -0.416. The van der Waals surface area contributed by atoms with Crippen molar-refractivity contribution in [3.05, 3.63) is 156 Å². The van der Waals surface area contributed by atoms with Crippen molar-refractivity contribution in [3.63, 3.8) is 0 Å². The van der Waals surface area contributed by atoms with Gasteiger partial charge in [0.25, 0.3) is 0 Å². The molecule has 0 aliphatic heterocycles. The van der Waals surface area contributed by atoms with Gasteiger partial charge in [-0.2, -0.15) is 0 Å². The molecule has 0 bridgehead atoms. The average molecular weight is 628 g/mol. The Hall–Kier alpha value is -5.25. The second kappa shape index (κ2) is 16.0. The van der Waals surface area contributed by atoms with E-state index in [9.17, 15) is 18.4 Å². The molecule has 0 heterocycles. The number of rotatable bonds is 10. The summed E-state index contributed by atoms with van der Waals surface area (Å²) in [6, 6.07) is 35.8. The highest BCUT2D eigenvalue weighted by Gasteiger charge is 2.11. The number of benzene rings is 5. The summed E-state index contributed by atoms with van der Waals surface area (Å²) < 4.78 is 26.2. The van der Waals surface area contributed by atoms with E-state index in [4.69, 9.17) is 0 Å². The fraction of sp³-hybridized carbons (Fsp3) is 0.0857. The van der Waals surface area contributed by atoms with Gasteiger partial charge < -0.3 is 21.3 Å². The van der Waals surface area contributed by atoms with Crippen LogP contribution in [0.4, 0.5) is 41.1 Å². The van der Waals surface area contributed by atoms with Gasteiger partial charge in [-0.25, -0.2) is 18.4 Å². The smallest absolute Gasteiger partial charge is 0.308 e. The van der Waals surface area contributed by atoms with E-state index in [0.717, 1.165) is 17.7 Å². The quantitative estimate of drug-likeness (QED) is 0.125. The summed E-state index contributed by atoms with van der Waals surface area (Å²) in [5, 5.41) is 10.9. The number of urea groups is 2.